The molecule has 5 atom stereocenters. The number of nitriles is 1. The molecule has 5 unspecified atom stereocenters. The van der Waals surface area contributed by atoms with E-state index in [1.165, 1.54) is 0 Å². The summed E-state index contributed by atoms with van der Waals surface area (Å²) >= 11 is 0. The third-order valence-corrected chi connectivity index (χ3v) is 7.19. The molecule has 2 heterocycles. The molecule has 0 spiro atoms. The Balaban J connectivity index is 0.000000283. The summed E-state index contributed by atoms with van der Waals surface area (Å²) in [5.74, 6) is -1.81. The quantitative estimate of drug-likeness (QED) is 0.473. The molecule has 0 aromatic rings. The van der Waals surface area contributed by atoms with Gasteiger partial charge in [0.2, 0.25) is 18.2 Å². The maximum atomic E-state index is 12.6. The molecule has 1 saturated carbocycles. The van der Waals surface area contributed by atoms with Gasteiger partial charge < -0.3 is 20.9 Å². The molecular weight excluding hydrogens is 467 g/mol. The highest BCUT2D eigenvalue weighted by Crippen LogP contribution is 2.62. The Morgan fingerprint density at radius 2 is 1.83 bits per heavy atom. The lowest BCUT2D eigenvalue weighted by Gasteiger charge is -2.34. The van der Waals surface area contributed by atoms with E-state index >= 15 is 0 Å². The van der Waals surface area contributed by atoms with E-state index < -0.39 is 35.5 Å². The van der Waals surface area contributed by atoms with Crippen LogP contribution in [0.25, 0.3) is 0 Å². The first-order valence-electron chi connectivity index (χ1n) is 11.6. The summed E-state index contributed by atoms with van der Waals surface area (Å²) in [6, 6.07) is 0.200. The first-order valence-corrected chi connectivity index (χ1v) is 11.6. The summed E-state index contributed by atoms with van der Waals surface area (Å²) in [6.45, 7) is 11.0. The van der Waals surface area contributed by atoms with E-state index in [-0.39, 0.29) is 17.2 Å². The molecule has 1 aliphatic carbocycles. The molecule has 2 aliphatic heterocycles. The molecular formula is C23H34F3N5O4. The fourth-order valence-electron chi connectivity index (χ4n) is 4.75. The summed E-state index contributed by atoms with van der Waals surface area (Å²) in [6.07, 6.45) is -3.35. The third-order valence-electron chi connectivity index (χ3n) is 7.19. The number of halogens is 3. The van der Waals surface area contributed by atoms with Crippen LogP contribution in [0.4, 0.5) is 13.2 Å². The van der Waals surface area contributed by atoms with Crippen LogP contribution in [0.15, 0.2) is 0 Å². The Morgan fingerprint density at radius 3 is 2.23 bits per heavy atom. The molecule has 9 nitrogen and oxygen atoms in total. The van der Waals surface area contributed by atoms with Crippen LogP contribution in [-0.2, 0) is 19.2 Å². The summed E-state index contributed by atoms with van der Waals surface area (Å²) in [4.78, 5) is 46.5. The number of hydrogen-bond acceptors (Lipinski definition) is 5. The van der Waals surface area contributed by atoms with Gasteiger partial charge in [-0.2, -0.15) is 18.4 Å². The number of likely N-dealkylation sites (tertiary alicyclic amines) is 1. The maximum Gasteiger partial charge on any atom is 0.471 e. The van der Waals surface area contributed by atoms with Crippen LogP contribution in [0.3, 0.4) is 0 Å². The zero-order valence-electron chi connectivity index (χ0n) is 20.7. The van der Waals surface area contributed by atoms with Crippen molar-refractivity contribution in [2.75, 3.05) is 19.6 Å². The predicted octanol–water partition coefficient (Wildman–Crippen LogP) is 1.34. The van der Waals surface area contributed by atoms with Crippen LogP contribution >= 0.6 is 0 Å². The largest absolute Gasteiger partial charge is 0.471 e. The SMILES string of the molecule is CC(C)(C)C(NC(=O)C(F)(F)F)C(=O)N1CC2C(C1)C2(C)C.N#CC(CC1CCNC1=O)NC=O. The number of piperidine rings is 1. The van der Waals surface area contributed by atoms with E-state index in [0.717, 1.165) is 6.42 Å². The summed E-state index contributed by atoms with van der Waals surface area (Å²) < 4.78 is 37.4. The van der Waals surface area contributed by atoms with Crippen LogP contribution in [-0.4, -0.2) is 66.9 Å². The molecule has 0 radical (unpaired) electrons. The van der Waals surface area contributed by atoms with Crippen molar-refractivity contribution in [2.45, 2.75) is 65.7 Å². The van der Waals surface area contributed by atoms with E-state index in [1.54, 1.807) is 25.7 Å². The standard InChI is InChI=1S/C15H23F3N2O2.C8H11N3O2/c1-13(2,3)10(19-12(22)15(16,17)18)11(21)20-6-8-9(7-20)14(8,4)5;9-4-7(11-5-12)3-6-1-2-10-8(6)13/h8-10H,6-7H2,1-5H3,(H,19,22);5-7H,1-3H2,(H,10,13)(H,11,12). The van der Waals surface area contributed by atoms with Gasteiger partial charge in [-0.15, -0.1) is 0 Å². The van der Waals surface area contributed by atoms with Crippen molar-refractivity contribution in [3.05, 3.63) is 0 Å². The maximum absolute atomic E-state index is 12.6. The highest BCUT2D eigenvalue weighted by molar-refractivity contribution is 5.90. The average Bonchev–Trinajstić information content (AvgIpc) is 3.15. The van der Waals surface area contributed by atoms with Gasteiger partial charge >= 0.3 is 12.1 Å². The van der Waals surface area contributed by atoms with E-state index in [9.17, 15) is 32.3 Å². The zero-order chi connectivity index (χ0) is 26.8. The van der Waals surface area contributed by atoms with Crippen LogP contribution in [0.1, 0.15) is 47.5 Å². The van der Waals surface area contributed by atoms with E-state index in [4.69, 9.17) is 5.26 Å². The molecule has 0 aromatic heterocycles. The van der Waals surface area contributed by atoms with Crippen molar-refractivity contribution in [3.8, 4) is 6.07 Å². The average molecular weight is 502 g/mol. The third kappa shape index (κ3) is 6.86. The van der Waals surface area contributed by atoms with E-state index in [1.807, 2.05) is 11.4 Å². The second-order valence-corrected chi connectivity index (χ2v) is 11.0. The number of nitrogens with one attached hydrogen (secondary N) is 3. The first kappa shape index (κ1) is 28.4. The lowest BCUT2D eigenvalue weighted by Crippen LogP contribution is -2.57. The van der Waals surface area contributed by atoms with Crippen molar-refractivity contribution >= 4 is 24.1 Å². The molecule has 3 fully saturated rings. The fourth-order valence-corrected chi connectivity index (χ4v) is 4.75. The topological polar surface area (TPSA) is 131 Å². The minimum absolute atomic E-state index is 0.0204. The lowest BCUT2D eigenvalue weighted by molar-refractivity contribution is -0.176. The van der Waals surface area contributed by atoms with Crippen LogP contribution < -0.4 is 16.0 Å². The van der Waals surface area contributed by atoms with Crippen LogP contribution in [0.5, 0.6) is 0 Å². The molecule has 35 heavy (non-hydrogen) atoms. The summed E-state index contributed by atoms with van der Waals surface area (Å²) in [7, 11) is 0. The van der Waals surface area contributed by atoms with E-state index in [2.05, 4.69) is 24.5 Å². The Morgan fingerprint density at radius 1 is 1.26 bits per heavy atom. The van der Waals surface area contributed by atoms with Crippen molar-refractivity contribution < 1.29 is 32.3 Å². The van der Waals surface area contributed by atoms with E-state index in [0.29, 0.717) is 44.3 Å². The minimum atomic E-state index is -4.99. The molecule has 3 rings (SSSR count). The normalized spacial score (nSPS) is 26.2. The molecule has 0 bridgehead atoms. The smallest absolute Gasteiger partial charge is 0.356 e. The number of carbonyl (C=O) groups is 4. The number of nitrogens with zero attached hydrogens (tertiary/aromatic N) is 2. The van der Waals surface area contributed by atoms with Gasteiger partial charge in [-0.3, -0.25) is 19.2 Å². The number of fused-ring (bicyclic) bond motifs is 1. The zero-order valence-corrected chi connectivity index (χ0v) is 20.7. The predicted molar refractivity (Wildman–Crippen MR) is 119 cm³/mol. The van der Waals surface area contributed by atoms with Gasteiger partial charge in [0.05, 0.1) is 6.07 Å². The van der Waals surface area contributed by atoms with Gasteiger partial charge in [-0.05, 0) is 35.5 Å². The molecule has 12 heteroatoms. The number of amides is 4. The van der Waals surface area contributed by atoms with Gasteiger partial charge in [-0.1, -0.05) is 34.6 Å². The second kappa shape index (κ2) is 10.4. The lowest BCUT2D eigenvalue weighted by atomic mass is 9.85. The van der Waals surface area contributed by atoms with Gasteiger partial charge in [0, 0.05) is 25.6 Å². The van der Waals surface area contributed by atoms with Crippen molar-refractivity contribution in [3.63, 3.8) is 0 Å². The van der Waals surface area contributed by atoms with Gasteiger partial charge in [0.1, 0.15) is 12.1 Å². The molecule has 0 aromatic carbocycles. The first-order chi connectivity index (χ1) is 16.0. The Hall–Kier alpha value is -2.84. The number of carbonyl (C=O) groups excluding carboxylic acids is 4. The van der Waals surface area contributed by atoms with Crippen LogP contribution in [0.2, 0.25) is 0 Å². The second-order valence-electron chi connectivity index (χ2n) is 11.0. The minimum Gasteiger partial charge on any atom is -0.356 e. The van der Waals surface area contributed by atoms with Crippen molar-refractivity contribution in [2.24, 2.45) is 28.6 Å². The van der Waals surface area contributed by atoms with Crippen LogP contribution in [0, 0.1) is 39.9 Å². The van der Waals surface area contributed by atoms with Gasteiger partial charge in [-0.25, -0.2) is 0 Å². The highest BCUT2D eigenvalue weighted by Gasteiger charge is 2.63. The Labute approximate surface area is 203 Å². The molecule has 4 amide bonds. The van der Waals surface area contributed by atoms with Crippen molar-refractivity contribution in [1.29, 1.82) is 5.26 Å². The summed E-state index contributed by atoms with van der Waals surface area (Å²) in [5.41, 5.74) is -0.580. The Kier molecular flexibility index (Phi) is 8.45. The number of hydrogen-bond donors (Lipinski definition) is 3. The Bertz CT molecular complexity index is 864. The molecule has 3 N–H and O–H groups in total. The number of alkyl halides is 3. The van der Waals surface area contributed by atoms with Gasteiger partial charge in [0.25, 0.3) is 0 Å². The molecule has 2 saturated heterocycles. The molecule has 3 aliphatic rings. The van der Waals surface area contributed by atoms with Crippen molar-refractivity contribution in [1.82, 2.24) is 20.9 Å². The summed E-state index contributed by atoms with van der Waals surface area (Å²) in [5, 5.41) is 15.5. The van der Waals surface area contributed by atoms with Gasteiger partial charge in [0.15, 0.2) is 0 Å². The monoisotopic (exact) mass is 501 g/mol. The fraction of sp³-hybridized carbons (Fsp3) is 0.783. The highest BCUT2D eigenvalue weighted by atomic mass is 19.4. The number of rotatable bonds is 6. The molecule has 196 valence electrons.